The smallest absolute Gasteiger partial charge is 0.328 e. The fourth-order valence-electron chi connectivity index (χ4n) is 2.95. The predicted molar refractivity (Wildman–Crippen MR) is 94.1 cm³/mol. The van der Waals surface area contributed by atoms with Crippen LogP contribution in [0.1, 0.15) is 61.3 Å². The third-order valence-corrected chi connectivity index (χ3v) is 4.47. The summed E-state index contributed by atoms with van der Waals surface area (Å²) in [4.78, 5) is 28.5. The molecule has 140 valence electrons. The lowest BCUT2D eigenvalue weighted by atomic mass is 10.1. The number of alkyl halides is 1. The minimum atomic E-state index is -1.58. The van der Waals surface area contributed by atoms with Crippen LogP contribution in [0, 0.1) is 6.92 Å². The molecular formula is C18H23FN4O3. The van der Waals surface area contributed by atoms with Crippen LogP contribution in [-0.4, -0.2) is 44.5 Å². The molecule has 1 atom stereocenters. The van der Waals surface area contributed by atoms with E-state index in [0.717, 1.165) is 18.5 Å². The van der Waals surface area contributed by atoms with Gasteiger partial charge in [0.2, 0.25) is 0 Å². The van der Waals surface area contributed by atoms with Crippen LogP contribution in [0.4, 0.5) is 4.39 Å². The maximum Gasteiger partial charge on any atom is 0.328 e. The second-order valence-electron chi connectivity index (χ2n) is 7.75. The van der Waals surface area contributed by atoms with Crippen LogP contribution in [-0.2, 0) is 10.3 Å². The molecule has 0 aliphatic heterocycles. The van der Waals surface area contributed by atoms with E-state index in [9.17, 15) is 14.0 Å². The van der Waals surface area contributed by atoms with E-state index < -0.39 is 24.6 Å². The Hall–Kier alpha value is -2.51. The fraction of sp³-hybridized carbons (Fsp3) is 0.556. The van der Waals surface area contributed by atoms with Gasteiger partial charge in [-0.1, -0.05) is 0 Å². The molecule has 0 bridgehead atoms. The maximum atomic E-state index is 12.9. The van der Waals surface area contributed by atoms with Crippen molar-refractivity contribution in [2.75, 3.05) is 6.67 Å². The van der Waals surface area contributed by atoms with Gasteiger partial charge in [-0.3, -0.25) is 4.79 Å². The number of carbonyl (C=O) groups is 2. The molecule has 2 heterocycles. The molecule has 7 nitrogen and oxygen atoms in total. The molecule has 1 aliphatic carbocycles. The Balaban J connectivity index is 2.16. The average Bonchev–Trinajstić information content (AvgIpc) is 3.34. The van der Waals surface area contributed by atoms with Gasteiger partial charge in [-0.15, -0.1) is 0 Å². The van der Waals surface area contributed by atoms with Crippen LogP contribution in [0.15, 0.2) is 6.07 Å². The lowest BCUT2D eigenvalue weighted by Gasteiger charge is -2.20. The van der Waals surface area contributed by atoms with Gasteiger partial charge in [0.05, 0.1) is 22.2 Å². The Kier molecular flexibility index (Phi) is 4.46. The van der Waals surface area contributed by atoms with Gasteiger partial charge in [0.1, 0.15) is 6.67 Å². The molecule has 2 aromatic heterocycles. The largest absolute Gasteiger partial charge is 0.480 e. The van der Waals surface area contributed by atoms with Crippen molar-refractivity contribution in [1.82, 2.24) is 20.1 Å². The predicted octanol–water partition coefficient (Wildman–Crippen LogP) is 2.52. The summed E-state index contributed by atoms with van der Waals surface area (Å²) < 4.78 is 14.7. The van der Waals surface area contributed by atoms with E-state index in [1.807, 2.05) is 20.8 Å². The Morgan fingerprint density at radius 2 is 2.08 bits per heavy atom. The summed E-state index contributed by atoms with van der Waals surface area (Å²) in [6.07, 6.45) is 2.01. The first-order valence-electron chi connectivity index (χ1n) is 8.64. The number of pyridine rings is 1. The Morgan fingerprint density at radius 1 is 1.42 bits per heavy atom. The third kappa shape index (κ3) is 3.27. The van der Waals surface area contributed by atoms with E-state index in [1.165, 1.54) is 0 Å². The summed E-state index contributed by atoms with van der Waals surface area (Å²) in [5.74, 6) is -1.73. The lowest BCUT2D eigenvalue weighted by molar-refractivity contribution is -0.139. The quantitative estimate of drug-likeness (QED) is 0.852. The molecule has 2 N–H and O–H groups in total. The number of fused-ring (bicyclic) bond motifs is 1. The van der Waals surface area contributed by atoms with Crippen LogP contribution in [0.25, 0.3) is 11.0 Å². The number of nitrogens with one attached hydrogen (secondary N) is 1. The first-order chi connectivity index (χ1) is 12.1. The number of carboxylic acids is 1. The first-order valence-corrected chi connectivity index (χ1v) is 8.64. The monoisotopic (exact) mass is 362 g/mol. The number of aliphatic carboxylic acids is 1. The number of carboxylic acid groups (broad SMARTS) is 1. The second-order valence-corrected chi connectivity index (χ2v) is 7.75. The average molecular weight is 362 g/mol. The van der Waals surface area contributed by atoms with Crippen molar-refractivity contribution in [2.24, 2.45) is 0 Å². The molecular weight excluding hydrogens is 339 g/mol. The zero-order chi connectivity index (χ0) is 19.2. The summed E-state index contributed by atoms with van der Waals surface area (Å²) in [6, 6.07) is 0.113. The number of rotatable bonds is 5. The molecule has 1 fully saturated rings. The molecule has 1 aliphatic rings. The topological polar surface area (TPSA) is 97.1 Å². The molecule has 26 heavy (non-hydrogen) atoms. The molecule has 1 saturated carbocycles. The number of aryl methyl sites for hydroxylation is 1. The SMILES string of the molecule is Cc1nn(C(C)(C)C)c2nc(C3CC3)cc(C(=O)NC(CF)C(=O)O)c12. The standard InChI is InChI=1S/C18H23FN4O3/c1-9-14-11(16(24)21-13(8-19)17(25)26)7-12(10-5-6-10)20-15(14)23(22-9)18(2,3)4/h7,10,13H,5-6,8H2,1-4H3,(H,21,24)(H,25,26). The summed E-state index contributed by atoms with van der Waals surface area (Å²) in [5.41, 5.74) is 1.97. The van der Waals surface area contributed by atoms with Crippen molar-refractivity contribution in [2.45, 2.75) is 58.0 Å². The van der Waals surface area contributed by atoms with E-state index in [1.54, 1.807) is 17.7 Å². The zero-order valence-corrected chi connectivity index (χ0v) is 15.3. The first kappa shape index (κ1) is 18.3. The van der Waals surface area contributed by atoms with Gasteiger partial charge >= 0.3 is 5.97 Å². The highest BCUT2D eigenvalue weighted by molar-refractivity contribution is 6.07. The van der Waals surface area contributed by atoms with Gasteiger partial charge < -0.3 is 10.4 Å². The van der Waals surface area contributed by atoms with Crippen molar-refractivity contribution in [3.63, 3.8) is 0 Å². The van der Waals surface area contributed by atoms with Gasteiger partial charge in [-0.25, -0.2) is 18.9 Å². The van der Waals surface area contributed by atoms with Crippen LogP contribution >= 0.6 is 0 Å². The van der Waals surface area contributed by atoms with E-state index >= 15 is 0 Å². The molecule has 0 radical (unpaired) electrons. The van der Waals surface area contributed by atoms with Gasteiger partial charge in [0.25, 0.3) is 5.91 Å². The minimum Gasteiger partial charge on any atom is -0.480 e. The Bertz CT molecular complexity index is 881. The van der Waals surface area contributed by atoms with Crippen LogP contribution in [0.5, 0.6) is 0 Å². The Labute approximate surface area is 150 Å². The summed E-state index contributed by atoms with van der Waals surface area (Å²) >= 11 is 0. The highest BCUT2D eigenvalue weighted by atomic mass is 19.1. The van der Waals surface area contributed by atoms with Crippen LogP contribution in [0.2, 0.25) is 0 Å². The van der Waals surface area contributed by atoms with Crippen molar-refractivity contribution in [3.8, 4) is 0 Å². The second kappa shape index (κ2) is 6.34. The molecule has 1 amide bonds. The molecule has 0 aromatic carbocycles. The number of hydrogen-bond donors (Lipinski definition) is 2. The van der Waals surface area contributed by atoms with E-state index in [4.69, 9.17) is 10.1 Å². The Morgan fingerprint density at radius 3 is 2.58 bits per heavy atom. The van der Waals surface area contributed by atoms with Crippen molar-refractivity contribution < 1.29 is 19.1 Å². The number of halogens is 1. The van der Waals surface area contributed by atoms with Crippen LogP contribution < -0.4 is 5.32 Å². The van der Waals surface area contributed by atoms with Gasteiger partial charge in [0, 0.05) is 11.6 Å². The van der Waals surface area contributed by atoms with Gasteiger partial charge in [-0.05, 0) is 46.6 Å². The fourth-order valence-corrected chi connectivity index (χ4v) is 2.95. The number of nitrogens with zero attached hydrogens (tertiary/aromatic N) is 3. The molecule has 0 saturated heterocycles. The van der Waals surface area contributed by atoms with Gasteiger partial charge in [-0.2, -0.15) is 5.10 Å². The highest BCUT2D eigenvalue weighted by Gasteiger charge is 2.31. The number of amides is 1. The molecule has 3 rings (SSSR count). The van der Waals surface area contributed by atoms with E-state index in [0.29, 0.717) is 28.2 Å². The minimum absolute atomic E-state index is 0.296. The summed E-state index contributed by atoms with van der Waals surface area (Å²) in [6.45, 7) is 6.59. The summed E-state index contributed by atoms with van der Waals surface area (Å²) in [5, 5.41) is 16.4. The molecule has 0 spiro atoms. The lowest BCUT2D eigenvalue weighted by Crippen LogP contribution is -2.42. The number of hydrogen-bond acceptors (Lipinski definition) is 4. The van der Waals surface area contributed by atoms with Crippen molar-refractivity contribution >= 4 is 22.9 Å². The highest BCUT2D eigenvalue weighted by Crippen LogP contribution is 2.41. The van der Waals surface area contributed by atoms with E-state index in [2.05, 4.69) is 10.4 Å². The number of carbonyl (C=O) groups excluding carboxylic acids is 1. The normalized spacial score (nSPS) is 15.9. The van der Waals surface area contributed by atoms with Crippen molar-refractivity contribution in [3.05, 3.63) is 23.0 Å². The molecule has 1 unspecified atom stereocenters. The molecule has 8 heteroatoms. The molecule has 2 aromatic rings. The van der Waals surface area contributed by atoms with Gasteiger partial charge in [0.15, 0.2) is 11.7 Å². The zero-order valence-electron chi connectivity index (χ0n) is 15.3. The van der Waals surface area contributed by atoms with Crippen molar-refractivity contribution in [1.29, 1.82) is 0 Å². The maximum absolute atomic E-state index is 12.9. The number of aromatic nitrogens is 3. The third-order valence-electron chi connectivity index (χ3n) is 4.47. The summed E-state index contributed by atoms with van der Waals surface area (Å²) in [7, 11) is 0. The van der Waals surface area contributed by atoms with E-state index in [-0.39, 0.29) is 5.54 Å². The van der Waals surface area contributed by atoms with Crippen LogP contribution in [0.3, 0.4) is 0 Å².